The van der Waals surface area contributed by atoms with Gasteiger partial charge in [-0.05, 0) is 11.4 Å². The summed E-state index contributed by atoms with van der Waals surface area (Å²) in [5.74, 6) is -1.05. The van der Waals surface area contributed by atoms with Gasteiger partial charge in [0.2, 0.25) is 0 Å². The fraction of sp³-hybridized carbons (Fsp3) is 0.400. The van der Waals surface area contributed by atoms with E-state index in [1.165, 1.54) is 14.2 Å². The summed E-state index contributed by atoms with van der Waals surface area (Å²) in [5, 5.41) is 11.4. The Bertz CT molecular complexity index is 384. The van der Waals surface area contributed by atoms with E-state index in [4.69, 9.17) is 0 Å². The van der Waals surface area contributed by atoms with Crippen LogP contribution in [0.3, 0.4) is 0 Å². The molecule has 6 heteroatoms. The molecule has 0 fully saturated rings. The highest BCUT2D eigenvalue weighted by molar-refractivity contribution is 7.12. The summed E-state index contributed by atoms with van der Waals surface area (Å²) in [4.78, 5) is 22.6. The second-order valence-corrected chi connectivity index (χ2v) is 3.91. The molecule has 0 bridgehead atoms. The molecule has 0 saturated heterocycles. The first-order chi connectivity index (χ1) is 7.60. The van der Waals surface area contributed by atoms with Crippen molar-refractivity contribution in [1.82, 2.24) is 0 Å². The first-order valence-corrected chi connectivity index (χ1v) is 5.38. The average molecular weight is 244 g/mol. The highest BCUT2D eigenvalue weighted by Crippen LogP contribution is 2.26. The van der Waals surface area contributed by atoms with Crippen molar-refractivity contribution in [2.45, 2.75) is 12.5 Å². The maximum absolute atomic E-state index is 11.3. The monoisotopic (exact) mass is 244 g/mol. The van der Waals surface area contributed by atoms with E-state index >= 15 is 0 Å². The van der Waals surface area contributed by atoms with Gasteiger partial charge >= 0.3 is 11.9 Å². The largest absolute Gasteiger partial charge is 0.469 e. The van der Waals surface area contributed by atoms with Crippen LogP contribution in [-0.2, 0) is 14.3 Å². The van der Waals surface area contributed by atoms with E-state index in [2.05, 4.69) is 9.47 Å². The molecule has 16 heavy (non-hydrogen) atoms. The molecular weight excluding hydrogens is 232 g/mol. The highest BCUT2D eigenvalue weighted by atomic mass is 32.1. The van der Waals surface area contributed by atoms with Crippen molar-refractivity contribution in [3.8, 4) is 0 Å². The van der Waals surface area contributed by atoms with Crippen molar-refractivity contribution < 1.29 is 24.2 Å². The SMILES string of the molecule is COC(=O)CC(O)c1ccsc1C(=O)OC. The van der Waals surface area contributed by atoms with Crippen LogP contribution < -0.4 is 0 Å². The number of carbonyl (C=O) groups is 2. The highest BCUT2D eigenvalue weighted by Gasteiger charge is 2.21. The minimum Gasteiger partial charge on any atom is -0.469 e. The van der Waals surface area contributed by atoms with Crippen LogP contribution in [0.25, 0.3) is 0 Å². The molecule has 0 saturated carbocycles. The van der Waals surface area contributed by atoms with Gasteiger partial charge in [-0.2, -0.15) is 0 Å². The lowest BCUT2D eigenvalue weighted by molar-refractivity contribution is -0.142. The molecule has 1 aromatic rings. The Hall–Kier alpha value is -1.40. The predicted octanol–water partition coefficient (Wildman–Crippen LogP) is 1.13. The zero-order chi connectivity index (χ0) is 12.1. The number of aliphatic hydroxyl groups excluding tert-OH is 1. The van der Waals surface area contributed by atoms with Crippen molar-refractivity contribution >= 4 is 23.3 Å². The number of ether oxygens (including phenoxy) is 2. The van der Waals surface area contributed by atoms with Crippen LogP contribution >= 0.6 is 11.3 Å². The first kappa shape index (κ1) is 12.7. The number of esters is 2. The molecule has 1 atom stereocenters. The van der Waals surface area contributed by atoms with Crippen molar-refractivity contribution in [3.05, 3.63) is 21.9 Å². The number of carbonyl (C=O) groups excluding carboxylic acids is 2. The normalized spacial score (nSPS) is 11.9. The Morgan fingerprint density at radius 3 is 2.69 bits per heavy atom. The predicted molar refractivity (Wildman–Crippen MR) is 57.3 cm³/mol. The van der Waals surface area contributed by atoms with Crippen molar-refractivity contribution in [3.63, 3.8) is 0 Å². The van der Waals surface area contributed by atoms with Gasteiger partial charge in [-0.25, -0.2) is 4.79 Å². The van der Waals surface area contributed by atoms with Gasteiger partial charge in [0.15, 0.2) is 0 Å². The second kappa shape index (κ2) is 5.62. The summed E-state index contributed by atoms with van der Waals surface area (Å²) in [7, 11) is 2.50. The lowest BCUT2D eigenvalue weighted by Gasteiger charge is -2.09. The molecule has 1 N–H and O–H groups in total. The van der Waals surface area contributed by atoms with Gasteiger partial charge in [-0.3, -0.25) is 4.79 Å². The van der Waals surface area contributed by atoms with Crippen LogP contribution in [0.5, 0.6) is 0 Å². The van der Waals surface area contributed by atoms with Crippen LogP contribution in [0, 0.1) is 0 Å². The minimum atomic E-state index is -1.05. The van der Waals surface area contributed by atoms with Gasteiger partial charge < -0.3 is 14.6 Å². The Morgan fingerprint density at radius 2 is 2.12 bits per heavy atom. The van der Waals surface area contributed by atoms with Crippen LogP contribution in [0.1, 0.15) is 27.8 Å². The quantitative estimate of drug-likeness (QED) is 0.804. The Morgan fingerprint density at radius 1 is 1.44 bits per heavy atom. The molecule has 0 aliphatic heterocycles. The second-order valence-electron chi connectivity index (χ2n) is 2.99. The summed E-state index contributed by atoms with van der Waals surface area (Å²) in [5.41, 5.74) is 0.391. The van der Waals surface area contributed by atoms with E-state index in [1.54, 1.807) is 11.4 Å². The molecule has 1 aromatic heterocycles. The standard InChI is InChI=1S/C10H12O5S/c1-14-8(12)5-7(11)6-3-4-16-9(6)10(13)15-2/h3-4,7,11H,5H2,1-2H3. The van der Waals surface area contributed by atoms with Gasteiger partial charge in [0, 0.05) is 5.56 Å². The molecule has 5 nitrogen and oxygen atoms in total. The summed E-state index contributed by atoms with van der Waals surface area (Å²) < 4.78 is 8.99. The fourth-order valence-corrected chi connectivity index (χ4v) is 2.06. The Kier molecular flexibility index (Phi) is 4.45. The van der Waals surface area contributed by atoms with Crippen LogP contribution in [0.15, 0.2) is 11.4 Å². The van der Waals surface area contributed by atoms with Crippen molar-refractivity contribution in [2.24, 2.45) is 0 Å². The third-order valence-electron chi connectivity index (χ3n) is 2.01. The summed E-state index contributed by atoms with van der Waals surface area (Å²) in [6, 6.07) is 1.59. The van der Waals surface area contributed by atoms with Gasteiger partial charge in [-0.15, -0.1) is 11.3 Å². The number of aliphatic hydroxyl groups is 1. The van der Waals surface area contributed by atoms with E-state index in [9.17, 15) is 14.7 Å². The van der Waals surface area contributed by atoms with Crippen molar-refractivity contribution in [2.75, 3.05) is 14.2 Å². The molecular formula is C10H12O5S. The van der Waals surface area contributed by atoms with E-state index in [1.807, 2.05) is 0 Å². The number of hydrogen-bond acceptors (Lipinski definition) is 6. The molecule has 0 amide bonds. The average Bonchev–Trinajstić information content (AvgIpc) is 2.76. The molecule has 0 aliphatic carbocycles. The smallest absolute Gasteiger partial charge is 0.348 e. The maximum Gasteiger partial charge on any atom is 0.348 e. The van der Waals surface area contributed by atoms with Gasteiger partial charge in [-0.1, -0.05) is 0 Å². The van der Waals surface area contributed by atoms with Crippen LogP contribution in [-0.4, -0.2) is 31.3 Å². The van der Waals surface area contributed by atoms with E-state index in [-0.39, 0.29) is 6.42 Å². The van der Waals surface area contributed by atoms with E-state index < -0.39 is 18.0 Å². The molecule has 0 aromatic carbocycles. The third-order valence-corrected chi connectivity index (χ3v) is 2.92. The lowest BCUT2D eigenvalue weighted by atomic mass is 10.1. The minimum absolute atomic E-state index is 0.183. The fourth-order valence-electron chi connectivity index (χ4n) is 1.19. The molecule has 1 rings (SSSR count). The lowest BCUT2D eigenvalue weighted by Crippen LogP contribution is -2.11. The Balaban J connectivity index is 2.83. The number of thiophene rings is 1. The van der Waals surface area contributed by atoms with E-state index in [0.717, 1.165) is 11.3 Å². The van der Waals surface area contributed by atoms with Gasteiger partial charge in [0.25, 0.3) is 0 Å². The maximum atomic E-state index is 11.3. The zero-order valence-electron chi connectivity index (χ0n) is 8.93. The molecule has 1 unspecified atom stereocenters. The van der Waals surface area contributed by atoms with E-state index in [0.29, 0.717) is 10.4 Å². The van der Waals surface area contributed by atoms with Crippen LogP contribution in [0.2, 0.25) is 0 Å². The zero-order valence-corrected chi connectivity index (χ0v) is 9.74. The molecule has 0 spiro atoms. The third kappa shape index (κ3) is 2.80. The molecule has 88 valence electrons. The van der Waals surface area contributed by atoms with Crippen molar-refractivity contribution in [1.29, 1.82) is 0 Å². The number of methoxy groups -OCH3 is 2. The van der Waals surface area contributed by atoms with Gasteiger partial charge in [0.05, 0.1) is 26.7 Å². The first-order valence-electron chi connectivity index (χ1n) is 4.50. The topological polar surface area (TPSA) is 72.8 Å². The van der Waals surface area contributed by atoms with Gasteiger partial charge in [0.1, 0.15) is 4.88 Å². The summed E-state index contributed by atoms with van der Waals surface area (Å²) in [6.07, 6.45) is -1.23. The number of rotatable bonds is 4. The molecule has 1 heterocycles. The summed E-state index contributed by atoms with van der Waals surface area (Å²) >= 11 is 1.16. The molecule has 0 radical (unpaired) electrons. The Labute approximate surface area is 96.6 Å². The molecule has 0 aliphatic rings. The summed E-state index contributed by atoms with van der Waals surface area (Å²) in [6.45, 7) is 0. The number of hydrogen-bond donors (Lipinski definition) is 1. The van der Waals surface area contributed by atoms with Crippen LogP contribution in [0.4, 0.5) is 0 Å².